The van der Waals surface area contributed by atoms with Crippen LogP contribution >= 0.6 is 11.3 Å². The number of pyridine rings is 1. The van der Waals surface area contributed by atoms with Crippen LogP contribution in [0.4, 0.5) is 5.69 Å². The fourth-order valence-corrected chi connectivity index (χ4v) is 2.92. The van der Waals surface area contributed by atoms with E-state index < -0.39 is 4.92 Å². The van der Waals surface area contributed by atoms with Crippen molar-refractivity contribution in [1.82, 2.24) is 9.97 Å². The molecule has 0 radical (unpaired) electrons. The average Bonchev–Trinajstić information content (AvgIpc) is 3.05. The van der Waals surface area contributed by atoms with E-state index in [-0.39, 0.29) is 5.69 Å². The van der Waals surface area contributed by atoms with Crippen LogP contribution in [-0.2, 0) is 6.42 Å². The highest BCUT2D eigenvalue weighted by Gasteiger charge is 2.09. The summed E-state index contributed by atoms with van der Waals surface area (Å²) >= 11 is 1.55. The molecule has 2 aromatic heterocycles. The molecule has 0 amide bonds. The molecule has 0 N–H and O–H groups in total. The first-order chi connectivity index (χ1) is 10.7. The van der Waals surface area contributed by atoms with Crippen LogP contribution < -0.4 is 0 Å². The lowest BCUT2D eigenvalue weighted by Gasteiger charge is -1.99. The number of aryl methyl sites for hydroxylation is 1. The number of aromatic nitrogens is 2. The molecule has 0 bridgehead atoms. The molecule has 0 fully saturated rings. The van der Waals surface area contributed by atoms with Crippen molar-refractivity contribution in [2.75, 3.05) is 0 Å². The van der Waals surface area contributed by atoms with Gasteiger partial charge in [0.25, 0.3) is 5.69 Å². The molecule has 0 aliphatic heterocycles. The molecule has 0 spiro atoms. The Balaban J connectivity index is 1.91. The molecule has 0 saturated carbocycles. The molecule has 6 heteroatoms. The van der Waals surface area contributed by atoms with E-state index in [1.54, 1.807) is 29.7 Å². The van der Waals surface area contributed by atoms with Crippen molar-refractivity contribution in [3.8, 4) is 21.8 Å². The third kappa shape index (κ3) is 2.87. The second-order valence-corrected chi connectivity index (χ2v) is 5.59. The summed E-state index contributed by atoms with van der Waals surface area (Å²) in [7, 11) is 0. The standard InChI is InChI=1S/C16H13N3O2S/c1-2-13-9-12(7-8-17-13)16-18-15(10-22-16)11-3-5-14(6-4-11)19(20)21/h3-10H,2H2,1H3. The Hall–Kier alpha value is -2.60. The number of thiazole rings is 1. The lowest BCUT2D eigenvalue weighted by atomic mass is 10.1. The van der Waals surface area contributed by atoms with E-state index in [0.717, 1.165) is 33.9 Å². The predicted octanol–water partition coefficient (Wildman–Crippen LogP) is 4.34. The summed E-state index contributed by atoms with van der Waals surface area (Å²) in [5, 5.41) is 13.6. The average molecular weight is 311 g/mol. The van der Waals surface area contributed by atoms with Crippen LogP contribution in [0.2, 0.25) is 0 Å². The van der Waals surface area contributed by atoms with Crippen LogP contribution in [0.3, 0.4) is 0 Å². The quantitative estimate of drug-likeness (QED) is 0.531. The fraction of sp³-hybridized carbons (Fsp3) is 0.125. The van der Waals surface area contributed by atoms with Gasteiger partial charge >= 0.3 is 0 Å². The normalized spacial score (nSPS) is 10.6. The van der Waals surface area contributed by atoms with Gasteiger partial charge in [-0.2, -0.15) is 0 Å². The Morgan fingerprint density at radius 3 is 2.64 bits per heavy atom. The Bertz CT molecular complexity index is 812. The number of rotatable bonds is 4. The third-order valence-electron chi connectivity index (χ3n) is 3.30. The lowest BCUT2D eigenvalue weighted by Crippen LogP contribution is -1.88. The van der Waals surface area contributed by atoms with E-state index >= 15 is 0 Å². The molecule has 3 rings (SSSR count). The van der Waals surface area contributed by atoms with Gasteiger partial charge in [-0.3, -0.25) is 15.1 Å². The van der Waals surface area contributed by atoms with Crippen molar-refractivity contribution >= 4 is 17.0 Å². The maximum absolute atomic E-state index is 10.7. The van der Waals surface area contributed by atoms with E-state index in [4.69, 9.17) is 0 Å². The van der Waals surface area contributed by atoms with Crippen LogP contribution in [0.1, 0.15) is 12.6 Å². The Morgan fingerprint density at radius 2 is 1.95 bits per heavy atom. The summed E-state index contributed by atoms with van der Waals surface area (Å²) in [5.74, 6) is 0. The van der Waals surface area contributed by atoms with Crippen molar-refractivity contribution in [3.05, 3.63) is 63.8 Å². The zero-order valence-corrected chi connectivity index (χ0v) is 12.7. The number of non-ortho nitro benzene ring substituents is 1. The molecule has 22 heavy (non-hydrogen) atoms. The van der Waals surface area contributed by atoms with Gasteiger partial charge in [0.15, 0.2) is 0 Å². The molecule has 0 unspecified atom stereocenters. The van der Waals surface area contributed by atoms with Crippen molar-refractivity contribution in [1.29, 1.82) is 0 Å². The van der Waals surface area contributed by atoms with E-state index in [2.05, 4.69) is 16.9 Å². The molecule has 110 valence electrons. The van der Waals surface area contributed by atoms with Gasteiger partial charge < -0.3 is 0 Å². The van der Waals surface area contributed by atoms with Crippen molar-refractivity contribution in [3.63, 3.8) is 0 Å². The summed E-state index contributed by atoms with van der Waals surface area (Å²) < 4.78 is 0. The first-order valence-corrected chi connectivity index (χ1v) is 7.71. The van der Waals surface area contributed by atoms with Crippen LogP contribution in [0.25, 0.3) is 21.8 Å². The summed E-state index contributed by atoms with van der Waals surface area (Å²) in [6.45, 7) is 2.07. The van der Waals surface area contributed by atoms with Crippen LogP contribution in [0.5, 0.6) is 0 Å². The molecule has 0 aliphatic carbocycles. The van der Waals surface area contributed by atoms with E-state index in [1.165, 1.54) is 12.1 Å². The summed E-state index contributed by atoms with van der Waals surface area (Å²) in [4.78, 5) is 19.2. The molecular formula is C16H13N3O2S. The van der Waals surface area contributed by atoms with E-state index in [0.29, 0.717) is 0 Å². The van der Waals surface area contributed by atoms with Gasteiger partial charge in [0.1, 0.15) is 5.01 Å². The van der Waals surface area contributed by atoms with Crippen LogP contribution in [0.15, 0.2) is 48.0 Å². The van der Waals surface area contributed by atoms with Gasteiger partial charge in [0.2, 0.25) is 0 Å². The SMILES string of the molecule is CCc1cc(-c2nc(-c3ccc([N+](=O)[O-])cc3)cs2)ccn1. The van der Waals surface area contributed by atoms with Crippen LogP contribution in [-0.4, -0.2) is 14.9 Å². The summed E-state index contributed by atoms with van der Waals surface area (Å²) in [6.07, 6.45) is 2.68. The van der Waals surface area contributed by atoms with Gasteiger partial charge in [-0.15, -0.1) is 11.3 Å². The monoisotopic (exact) mass is 311 g/mol. The zero-order chi connectivity index (χ0) is 15.5. The number of hydrogen-bond donors (Lipinski definition) is 0. The highest BCUT2D eigenvalue weighted by Crippen LogP contribution is 2.29. The van der Waals surface area contributed by atoms with Gasteiger partial charge in [-0.05, 0) is 30.7 Å². The van der Waals surface area contributed by atoms with Crippen molar-refractivity contribution < 1.29 is 4.92 Å². The molecule has 0 atom stereocenters. The third-order valence-corrected chi connectivity index (χ3v) is 4.20. The Labute approximate surface area is 131 Å². The second kappa shape index (κ2) is 6.03. The first-order valence-electron chi connectivity index (χ1n) is 6.83. The number of nitrogens with zero attached hydrogens (tertiary/aromatic N) is 3. The van der Waals surface area contributed by atoms with Crippen LogP contribution in [0, 0.1) is 10.1 Å². The first kappa shape index (κ1) is 14.3. The molecule has 5 nitrogen and oxygen atoms in total. The minimum atomic E-state index is -0.403. The molecule has 2 heterocycles. The number of nitro groups is 1. The van der Waals surface area contributed by atoms with Gasteiger partial charge in [0.05, 0.1) is 10.6 Å². The second-order valence-electron chi connectivity index (χ2n) is 4.73. The van der Waals surface area contributed by atoms with Crippen molar-refractivity contribution in [2.24, 2.45) is 0 Å². The topological polar surface area (TPSA) is 68.9 Å². The van der Waals surface area contributed by atoms with Gasteiger partial charge in [0, 0.05) is 40.5 Å². The number of nitro benzene ring substituents is 1. The maximum Gasteiger partial charge on any atom is 0.269 e. The Kier molecular flexibility index (Phi) is 3.93. The molecule has 0 saturated heterocycles. The smallest absolute Gasteiger partial charge is 0.261 e. The zero-order valence-electron chi connectivity index (χ0n) is 11.9. The highest BCUT2D eigenvalue weighted by molar-refractivity contribution is 7.13. The highest BCUT2D eigenvalue weighted by atomic mass is 32.1. The number of hydrogen-bond acceptors (Lipinski definition) is 5. The lowest BCUT2D eigenvalue weighted by molar-refractivity contribution is -0.384. The largest absolute Gasteiger partial charge is 0.269 e. The minimum Gasteiger partial charge on any atom is -0.261 e. The van der Waals surface area contributed by atoms with Crippen molar-refractivity contribution in [2.45, 2.75) is 13.3 Å². The molecule has 3 aromatic rings. The predicted molar refractivity (Wildman–Crippen MR) is 86.8 cm³/mol. The summed E-state index contributed by atoms with van der Waals surface area (Å²) in [6, 6.07) is 10.4. The molecular weight excluding hydrogens is 298 g/mol. The molecule has 1 aromatic carbocycles. The van der Waals surface area contributed by atoms with E-state index in [1.807, 2.05) is 17.5 Å². The fourth-order valence-electron chi connectivity index (χ4n) is 2.10. The van der Waals surface area contributed by atoms with Gasteiger partial charge in [-0.25, -0.2) is 4.98 Å². The Morgan fingerprint density at radius 1 is 1.18 bits per heavy atom. The summed E-state index contributed by atoms with van der Waals surface area (Å²) in [5.41, 5.74) is 3.86. The number of benzene rings is 1. The minimum absolute atomic E-state index is 0.0842. The maximum atomic E-state index is 10.7. The molecule has 0 aliphatic rings. The van der Waals surface area contributed by atoms with E-state index in [9.17, 15) is 10.1 Å². The van der Waals surface area contributed by atoms with Gasteiger partial charge in [-0.1, -0.05) is 6.92 Å².